The van der Waals surface area contributed by atoms with Crippen molar-refractivity contribution in [1.29, 1.82) is 0 Å². The first kappa shape index (κ1) is 16.5. The summed E-state index contributed by atoms with van der Waals surface area (Å²) in [5, 5.41) is 9.76. The minimum absolute atomic E-state index is 0.294. The molecule has 122 valence electrons. The number of aryl methyl sites for hydroxylation is 2. The van der Waals surface area contributed by atoms with E-state index in [1.165, 1.54) is 9.13 Å². The van der Waals surface area contributed by atoms with Crippen molar-refractivity contribution in [3.8, 4) is 0 Å². The van der Waals surface area contributed by atoms with Crippen LogP contribution in [-0.2, 0) is 20.1 Å². The van der Waals surface area contributed by atoms with Gasteiger partial charge in [0.25, 0.3) is 5.56 Å². The second kappa shape index (κ2) is 6.08. The molecule has 0 unspecified atom stereocenters. The summed E-state index contributed by atoms with van der Waals surface area (Å²) in [7, 11) is 1.62. The molecule has 0 spiro atoms. The topological polar surface area (TPSA) is 82.1 Å². The molecule has 0 aliphatic carbocycles. The van der Waals surface area contributed by atoms with E-state index >= 15 is 0 Å². The summed E-state index contributed by atoms with van der Waals surface area (Å²) < 4.78 is 4.44. The average molecular weight is 308 g/mol. The molecule has 0 fully saturated rings. The zero-order chi connectivity index (χ0) is 16.5. The summed E-state index contributed by atoms with van der Waals surface area (Å²) in [6.07, 6.45) is 3.57. The lowest BCUT2D eigenvalue weighted by atomic mass is 10.0. The molecular weight excluding hydrogens is 284 g/mol. The smallest absolute Gasteiger partial charge is 0.332 e. The van der Waals surface area contributed by atoms with Gasteiger partial charge in [0, 0.05) is 20.1 Å². The highest BCUT2D eigenvalue weighted by molar-refractivity contribution is 5.69. The zero-order valence-electron chi connectivity index (χ0n) is 13.7. The summed E-state index contributed by atoms with van der Waals surface area (Å²) >= 11 is 0. The summed E-state index contributed by atoms with van der Waals surface area (Å²) in [6.45, 7) is 6.44. The van der Waals surface area contributed by atoms with Crippen LogP contribution in [0.4, 0.5) is 0 Å². The predicted molar refractivity (Wildman–Crippen MR) is 85.1 cm³/mol. The molecular formula is C15H24N4O3. The van der Waals surface area contributed by atoms with Crippen LogP contribution in [0.5, 0.6) is 0 Å². The largest absolute Gasteiger partial charge is 0.390 e. The van der Waals surface area contributed by atoms with Gasteiger partial charge in [0.1, 0.15) is 0 Å². The number of nitrogens with zero attached hydrogens (tertiary/aromatic N) is 4. The van der Waals surface area contributed by atoms with E-state index in [2.05, 4.69) is 4.98 Å². The Morgan fingerprint density at radius 3 is 2.55 bits per heavy atom. The van der Waals surface area contributed by atoms with Gasteiger partial charge in [-0.05, 0) is 33.1 Å². The highest BCUT2D eigenvalue weighted by atomic mass is 16.3. The fourth-order valence-electron chi connectivity index (χ4n) is 2.60. The van der Waals surface area contributed by atoms with Crippen molar-refractivity contribution in [1.82, 2.24) is 18.7 Å². The molecule has 2 aromatic rings. The zero-order valence-corrected chi connectivity index (χ0v) is 13.7. The summed E-state index contributed by atoms with van der Waals surface area (Å²) in [4.78, 5) is 29.2. The lowest BCUT2D eigenvalue weighted by Crippen LogP contribution is -2.40. The monoisotopic (exact) mass is 308 g/mol. The van der Waals surface area contributed by atoms with Crippen molar-refractivity contribution in [3.05, 3.63) is 27.2 Å². The van der Waals surface area contributed by atoms with Crippen molar-refractivity contribution >= 4 is 11.2 Å². The van der Waals surface area contributed by atoms with Crippen molar-refractivity contribution in [3.63, 3.8) is 0 Å². The van der Waals surface area contributed by atoms with Crippen LogP contribution in [0, 0.1) is 0 Å². The number of hydrogen-bond donors (Lipinski definition) is 1. The van der Waals surface area contributed by atoms with Gasteiger partial charge < -0.3 is 9.67 Å². The lowest BCUT2D eigenvalue weighted by Gasteiger charge is -2.17. The maximum Gasteiger partial charge on any atom is 0.332 e. The van der Waals surface area contributed by atoms with Gasteiger partial charge in [0.05, 0.1) is 11.9 Å². The van der Waals surface area contributed by atoms with Crippen molar-refractivity contribution in [2.45, 2.75) is 58.7 Å². The van der Waals surface area contributed by atoms with Crippen LogP contribution in [0.15, 0.2) is 15.9 Å². The second-order valence-corrected chi connectivity index (χ2v) is 6.32. The second-order valence-electron chi connectivity index (χ2n) is 6.32. The minimum Gasteiger partial charge on any atom is -0.390 e. The van der Waals surface area contributed by atoms with E-state index in [1.54, 1.807) is 31.8 Å². The van der Waals surface area contributed by atoms with Crippen LogP contribution in [0.25, 0.3) is 11.2 Å². The predicted octanol–water partition coefficient (Wildman–Crippen LogP) is 0.858. The molecule has 0 bridgehead atoms. The van der Waals surface area contributed by atoms with E-state index in [9.17, 15) is 14.7 Å². The standard InChI is InChI=1S/C15H24N4O3/c1-5-8-18-10-16-12-11(18)13(20)19(14(21)17(12)4)9-6-7-15(2,3)22/h10,22H,5-9H2,1-4H3. The number of imidazole rings is 1. The Balaban J connectivity index is 2.48. The summed E-state index contributed by atoms with van der Waals surface area (Å²) in [5.41, 5.74) is -0.590. The molecule has 2 aromatic heterocycles. The first-order chi connectivity index (χ1) is 10.3. The maximum atomic E-state index is 12.6. The van der Waals surface area contributed by atoms with E-state index in [0.29, 0.717) is 37.1 Å². The number of fused-ring (bicyclic) bond motifs is 1. The van der Waals surface area contributed by atoms with Gasteiger partial charge in [-0.1, -0.05) is 6.92 Å². The Morgan fingerprint density at radius 2 is 1.95 bits per heavy atom. The van der Waals surface area contributed by atoms with Gasteiger partial charge in [-0.3, -0.25) is 13.9 Å². The number of aromatic nitrogens is 4. The SMILES string of the molecule is CCCn1cnc2c1c(=O)n(CCCC(C)(C)O)c(=O)n2C. The van der Waals surface area contributed by atoms with E-state index in [1.807, 2.05) is 6.92 Å². The fraction of sp³-hybridized carbons (Fsp3) is 0.667. The molecule has 0 amide bonds. The Bertz CT molecular complexity index is 777. The highest BCUT2D eigenvalue weighted by Crippen LogP contribution is 2.11. The molecule has 1 N–H and O–H groups in total. The quantitative estimate of drug-likeness (QED) is 0.858. The van der Waals surface area contributed by atoms with E-state index in [-0.39, 0.29) is 11.2 Å². The molecule has 22 heavy (non-hydrogen) atoms. The van der Waals surface area contributed by atoms with Gasteiger partial charge in [0.15, 0.2) is 11.2 Å². The van der Waals surface area contributed by atoms with Crippen LogP contribution in [0.3, 0.4) is 0 Å². The Morgan fingerprint density at radius 1 is 1.27 bits per heavy atom. The molecule has 0 saturated carbocycles. The fourth-order valence-corrected chi connectivity index (χ4v) is 2.60. The van der Waals surface area contributed by atoms with Gasteiger partial charge in [-0.2, -0.15) is 0 Å². The Hall–Kier alpha value is -1.89. The van der Waals surface area contributed by atoms with Gasteiger partial charge in [-0.15, -0.1) is 0 Å². The summed E-state index contributed by atoms with van der Waals surface area (Å²) in [5.74, 6) is 0. The molecule has 2 heterocycles. The normalized spacial score (nSPS) is 12.2. The molecule has 0 radical (unpaired) electrons. The van der Waals surface area contributed by atoms with Gasteiger partial charge in [-0.25, -0.2) is 9.78 Å². The Labute approximate surface area is 128 Å². The van der Waals surface area contributed by atoms with Crippen LogP contribution in [0.1, 0.15) is 40.0 Å². The number of aliphatic hydroxyl groups is 1. The van der Waals surface area contributed by atoms with Crippen molar-refractivity contribution in [2.75, 3.05) is 0 Å². The van der Waals surface area contributed by atoms with Crippen LogP contribution < -0.4 is 11.2 Å². The van der Waals surface area contributed by atoms with E-state index < -0.39 is 5.60 Å². The lowest BCUT2D eigenvalue weighted by molar-refractivity contribution is 0.0673. The van der Waals surface area contributed by atoms with E-state index in [4.69, 9.17) is 0 Å². The Kier molecular flexibility index (Phi) is 4.55. The first-order valence-electron chi connectivity index (χ1n) is 7.63. The number of hydrogen-bond acceptors (Lipinski definition) is 4. The average Bonchev–Trinajstić information content (AvgIpc) is 2.83. The van der Waals surface area contributed by atoms with Crippen molar-refractivity contribution < 1.29 is 5.11 Å². The molecule has 2 rings (SSSR count). The number of rotatable bonds is 6. The van der Waals surface area contributed by atoms with E-state index in [0.717, 1.165) is 6.42 Å². The molecule has 0 atom stereocenters. The van der Waals surface area contributed by atoms with Crippen LogP contribution in [-0.4, -0.2) is 29.4 Å². The molecule has 0 saturated heterocycles. The summed E-state index contributed by atoms with van der Waals surface area (Å²) in [6, 6.07) is 0. The molecule has 0 aromatic carbocycles. The molecule has 0 aliphatic rings. The minimum atomic E-state index is -0.803. The molecule has 7 nitrogen and oxygen atoms in total. The van der Waals surface area contributed by atoms with Gasteiger partial charge in [0.2, 0.25) is 0 Å². The third-order valence-corrected chi connectivity index (χ3v) is 3.74. The third kappa shape index (κ3) is 3.14. The van der Waals surface area contributed by atoms with Crippen molar-refractivity contribution in [2.24, 2.45) is 7.05 Å². The van der Waals surface area contributed by atoms with Crippen LogP contribution >= 0.6 is 0 Å². The molecule has 0 aliphatic heterocycles. The maximum absolute atomic E-state index is 12.6. The van der Waals surface area contributed by atoms with Gasteiger partial charge >= 0.3 is 5.69 Å². The first-order valence-corrected chi connectivity index (χ1v) is 7.63. The molecule has 7 heteroatoms. The van der Waals surface area contributed by atoms with Crippen LogP contribution in [0.2, 0.25) is 0 Å². The third-order valence-electron chi connectivity index (χ3n) is 3.74. The highest BCUT2D eigenvalue weighted by Gasteiger charge is 2.17.